The average Bonchev–Trinajstić information content (AvgIpc) is 2.42. The molecule has 5 heteroatoms. The Morgan fingerprint density at radius 2 is 1.86 bits per heavy atom. The van der Waals surface area contributed by atoms with Crippen molar-refractivity contribution in [2.75, 3.05) is 18.5 Å². The van der Waals surface area contributed by atoms with Gasteiger partial charge in [-0.2, -0.15) is 0 Å². The maximum atomic E-state index is 12.3. The number of hydrogen-bond acceptors (Lipinski definition) is 4. The number of nitrogens with two attached hydrogens (primary N) is 1. The van der Waals surface area contributed by atoms with E-state index in [0.717, 1.165) is 12.1 Å². The van der Waals surface area contributed by atoms with Crippen LogP contribution < -0.4 is 16.6 Å². The van der Waals surface area contributed by atoms with Crippen LogP contribution in [0.15, 0.2) is 18.2 Å². The van der Waals surface area contributed by atoms with E-state index in [1.165, 1.54) is 0 Å². The number of hydrazine groups is 1. The lowest BCUT2D eigenvalue weighted by Gasteiger charge is -2.30. The minimum absolute atomic E-state index is 0.0980. The van der Waals surface area contributed by atoms with Gasteiger partial charge >= 0.3 is 0 Å². The van der Waals surface area contributed by atoms with Gasteiger partial charge in [-0.15, -0.1) is 0 Å². The van der Waals surface area contributed by atoms with Crippen molar-refractivity contribution in [2.24, 2.45) is 5.84 Å². The van der Waals surface area contributed by atoms with Crippen LogP contribution in [0.25, 0.3) is 0 Å². The molecule has 21 heavy (non-hydrogen) atoms. The molecule has 0 saturated carbocycles. The largest absolute Gasteiger partial charge is 0.351 e. The zero-order chi connectivity index (χ0) is 16.0. The Labute approximate surface area is 127 Å². The summed E-state index contributed by atoms with van der Waals surface area (Å²) in [4.78, 5) is 14.6. The molecule has 0 fully saturated rings. The number of carbonyl (C=O) groups is 1. The van der Waals surface area contributed by atoms with E-state index < -0.39 is 0 Å². The van der Waals surface area contributed by atoms with Crippen molar-refractivity contribution in [1.29, 1.82) is 0 Å². The Morgan fingerprint density at radius 1 is 1.24 bits per heavy atom. The topological polar surface area (TPSA) is 70.4 Å². The van der Waals surface area contributed by atoms with E-state index in [2.05, 4.69) is 43.3 Å². The van der Waals surface area contributed by atoms with Gasteiger partial charge in [-0.1, -0.05) is 11.6 Å². The predicted octanol–water partition coefficient (Wildman–Crippen LogP) is 2.13. The van der Waals surface area contributed by atoms with Crippen LogP contribution in [-0.4, -0.2) is 36.0 Å². The number of benzene rings is 1. The van der Waals surface area contributed by atoms with Crippen LogP contribution in [0.3, 0.4) is 0 Å². The van der Waals surface area contributed by atoms with Gasteiger partial charge in [0.15, 0.2) is 0 Å². The van der Waals surface area contributed by atoms with Crippen molar-refractivity contribution in [2.45, 2.75) is 46.7 Å². The van der Waals surface area contributed by atoms with Gasteiger partial charge in [-0.3, -0.25) is 15.5 Å². The van der Waals surface area contributed by atoms with Crippen molar-refractivity contribution in [3.05, 3.63) is 29.3 Å². The first-order chi connectivity index (χ1) is 9.86. The molecule has 1 aromatic rings. The standard InChI is InChI=1S/C16H28N4O/c1-11(2)20(12(3)4)9-8-18-16(21)14-10-13(5)6-7-15(14)19-17/h6-7,10-12,19H,8-9,17H2,1-5H3,(H,18,21). The van der Waals surface area contributed by atoms with Crippen molar-refractivity contribution in [3.8, 4) is 0 Å². The van der Waals surface area contributed by atoms with Crippen molar-refractivity contribution < 1.29 is 4.79 Å². The van der Waals surface area contributed by atoms with E-state index in [9.17, 15) is 4.79 Å². The Hall–Kier alpha value is -1.59. The van der Waals surface area contributed by atoms with Crippen LogP contribution in [0.1, 0.15) is 43.6 Å². The molecule has 1 aromatic carbocycles. The molecule has 0 aliphatic rings. The lowest BCUT2D eigenvalue weighted by molar-refractivity contribution is 0.0940. The van der Waals surface area contributed by atoms with Gasteiger partial charge < -0.3 is 10.7 Å². The number of hydrogen-bond donors (Lipinski definition) is 3. The molecular weight excluding hydrogens is 264 g/mol. The summed E-state index contributed by atoms with van der Waals surface area (Å²) in [6.45, 7) is 12.1. The van der Waals surface area contributed by atoms with E-state index in [4.69, 9.17) is 5.84 Å². The maximum Gasteiger partial charge on any atom is 0.253 e. The maximum absolute atomic E-state index is 12.3. The second kappa shape index (κ2) is 8.00. The van der Waals surface area contributed by atoms with Crippen LogP contribution in [0.4, 0.5) is 5.69 Å². The second-order valence-electron chi connectivity index (χ2n) is 5.87. The monoisotopic (exact) mass is 292 g/mol. The van der Waals surface area contributed by atoms with E-state index >= 15 is 0 Å². The van der Waals surface area contributed by atoms with Gasteiger partial charge in [0.25, 0.3) is 5.91 Å². The summed E-state index contributed by atoms with van der Waals surface area (Å²) in [6, 6.07) is 6.50. The SMILES string of the molecule is Cc1ccc(NN)c(C(=O)NCCN(C(C)C)C(C)C)c1. The first-order valence-electron chi connectivity index (χ1n) is 7.48. The van der Waals surface area contributed by atoms with E-state index in [1.807, 2.05) is 25.1 Å². The summed E-state index contributed by atoms with van der Waals surface area (Å²) in [5.74, 6) is 5.36. The number of nitrogens with one attached hydrogen (secondary N) is 2. The third-order valence-corrected chi connectivity index (χ3v) is 3.56. The van der Waals surface area contributed by atoms with Gasteiger partial charge in [0, 0.05) is 25.2 Å². The second-order valence-corrected chi connectivity index (χ2v) is 5.87. The van der Waals surface area contributed by atoms with Crippen LogP contribution >= 0.6 is 0 Å². The van der Waals surface area contributed by atoms with Gasteiger partial charge in [0.1, 0.15) is 0 Å². The summed E-state index contributed by atoms with van der Waals surface area (Å²) in [6.07, 6.45) is 0. The van der Waals surface area contributed by atoms with Gasteiger partial charge in [-0.25, -0.2) is 0 Å². The molecule has 4 N–H and O–H groups in total. The molecule has 118 valence electrons. The van der Waals surface area contributed by atoms with Gasteiger partial charge in [-0.05, 0) is 46.8 Å². The fraction of sp³-hybridized carbons (Fsp3) is 0.562. The van der Waals surface area contributed by atoms with E-state index in [1.54, 1.807) is 0 Å². The normalized spacial score (nSPS) is 11.3. The highest BCUT2D eigenvalue weighted by atomic mass is 16.1. The minimum Gasteiger partial charge on any atom is -0.351 e. The first-order valence-corrected chi connectivity index (χ1v) is 7.48. The summed E-state index contributed by atoms with van der Waals surface area (Å²) in [5.41, 5.74) is 4.82. The smallest absolute Gasteiger partial charge is 0.253 e. The fourth-order valence-electron chi connectivity index (χ4n) is 2.48. The van der Waals surface area contributed by atoms with Crippen molar-refractivity contribution in [3.63, 3.8) is 0 Å². The number of nitrogen functional groups attached to an aromatic ring is 1. The fourth-order valence-corrected chi connectivity index (χ4v) is 2.48. The number of nitrogens with zero attached hydrogens (tertiary/aromatic N) is 1. The lowest BCUT2D eigenvalue weighted by atomic mass is 10.1. The summed E-state index contributed by atoms with van der Waals surface area (Å²) < 4.78 is 0. The molecule has 0 aromatic heterocycles. The number of rotatable bonds is 7. The minimum atomic E-state index is -0.0980. The lowest BCUT2D eigenvalue weighted by Crippen LogP contribution is -2.42. The molecule has 1 rings (SSSR count). The summed E-state index contributed by atoms with van der Waals surface area (Å²) in [7, 11) is 0. The molecule has 0 heterocycles. The van der Waals surface area contributed by atoms with Gasteiger partial charge in [0.05, 0.1) is 11.3 Å². The number of carbonyl (C=O) groups excluding carboxylic acids is 1. The molecule has 1 amide bonds. The molecule has 5 nitrogen and oxygen atoms in total. The summed E-state index contributed by atoms with van der Waals surface area (Å²) >= 11 is 0. The van der Waals surface area contributed by atoms with E-state index in [-0.39, 0.29) is 5.91 Å². The first kappa shape index (κ1) is 17.5. The molecule has 0 spiro atoms. The Morgan fingerprint density at radius 3 is 2.38 bits per heavy atom. The summed E-state index contributed by atoms with van der Waals surface area (Å²) in [5, 5.41) is 2.96. The van der Waals surface area contributed by atoms with Crippen molar-refractivity contribution >= 4 is 11.6 Å². The van der Waals surface area contributed by atoms with E-state index in [0.29, 0.717) is 29.9 Å². The van der Waals surface area contributed by atoms with Crippen LogP contribution in [-0.2, 0) is 0 Å². The Balaban J connectivity index is 2.64. The highest BCUT2D eigenvalue weighted by Gasteiger charge is 2.15. The zero-order valence-electron chi connectivity index (χ0n) is 13.7. The molecule has 0 aliphatic carbocycles. The highest BCUT2D eigenvalue weighted by Crippen LogP contribution is 2.16. The van der Waals surface area contributed by atoms with Crippen molar-refractivity contribution in [1.82, 2.24) is 10.2 Å². The molecule has 0 aliphatic heterocycles. The molecule has 0 saturated heterocycles. The molecule has 0 bridgehead atoms. The van der Waals surface area contributed by atoms with Gasteiger partial charge in [0.2, 0.25) is 0 Å². The molecule has 0 unspecified atom stereocenters. The predicted molar refractivity (Wildman–Crippen MR) is 88.3 cm³/mol. The zero-order valence-corrected chi connectivity index (χ0v) is 13.7. The molecular formula is C16H28N4O. The molecule has 0 radical (unpaired) electrons. The number of amides is 1. The van der Waals surface area contributed by atoms with Crippen LogP contribution in [0, 0.1) is 6.92 Å². The highest BCUT2D eigenvalue weighted by molar-refractivity contribution is 5.99. The Kier molecular flexibility index (Phi) is 6.65. The third-order valence-electron chi connectivity index (χ3n) is 3.56. The quantitative estimate of drug-likeness (QED) is 0.532. The average molecular weight is 292 g/mol. The number of aryl methyl sites for hydroxylation is 1. The number of anilines is 1. The van der Waals surface area contributed by atoms with Crippen LogP contribution in [0.5, 0.6) is 0 Å². The molecule has 0 atom stereocenters. The van der Waals surface area contributed by atoms with Crippen LogP contribution in [0.2, 0.25) is 0 Å². The Bertz CT molecular complexity index is 463. The third kappa shape index (κ3) is 5.02.